The summed E-state index contributed by atoms with van der Waals surface area (Å²) < 4.78 is 0. The van der Waals surface area contributed by atoms with Crippen molar-refractivity contribution in [1.29, 1.82) is 0 Å². The fourth-order valence-corrected chi connectivity index (χ4v) is 4.06. The summed E-state index contributed by atoms with van der Waals surface area (Å²) in [6.07, 6.45) is 2.36. The molecule has 4 heteroatoms. The normalized spacial score (nSPS) is 25.5. The topological polar surface area (TPSA) is 26.8 Å². The van der Waals surface area contributed by atoms with Crippen LogP contribution in [0.5, 0.6) is 0 Å². The molecule has 2 aliphatic heterocycles. The summed E-state index contributed by atoms with van der Waals surface area (Å²) in [4.78, 5) is 19.5. The van der Waals surface area contributed by atoms with Crippen molar-refractivity contribution >= 4 is 5.91 Å². The van der Waals surface area contributed by atoms with Crippen LogP contribution in [0.1, 0.15) is 47.5 Å². The molecule has 1 atom stereocenters. The van der Waals surface area contributed by atoms with E-state index in [0.29, 0.717) is 11.9 Å². The van der Waals surface area contributed by atoms with Gasteiger partial charge in [-0.2, -0.15) is 0 Å². The number of amides is 1. The van der Waals surface area contributed by atoms with Gasteiger partial charge in [0.1, 0.15) is 0 Å². The first-order valence-electron chi connectivity index (χ1n) is 9.62. The van der Waals surface area contributed by atoms with E-state index in [9.17, 15) is 4.79 Å². The first-order valence-corrected chi connectivity index (χ1v) is 9.62. The number of hydrogen-bond donors (Lipinski definition) is 0. The smallest absolute Gasteiger partial charge is 0.225 e. The molecule has 2 fully saturated rings. The lowest BCUT2D eigenvalue weighted by atomic mass is 9.94. The Bertz CT molecular complexity index is 375. The Balaban J connectivity index is 1.73. The average Bonchev–Trinajstić information content (AvgIpc) is 2.49. The summed E-state index contributed by atoms with van der Waals surface area (Å²) in [5, 5.41) is 0. The fraction of sp³-hybridized carbons (Fsp3) is 0.947. The molecule has 0 spiro atoms. The summed E-state index contributed by atoms with van der Waals surface area (Å²) in [6, 6.07) is 0.665. The van der Waals surface area contributed by atoms with Gasteiger partial charge in [0.25, 0.3) is 0 Å². The monoisotopic (exact) mass is 323 g/mol. The Kier molecular flexibility index (Phi) is 6.90. The van der Waals surface area contributed by atoms with Crippen LogP contribution in [0.3, 0.4) is 0 Å². The third-order valence-corrected chi connectivity index (χ3v) is 5.39. The molecule has 134 valence electrons. The zero-order valence-corrected chi connectivity index (χ0v) is 15.9. The Labute approximate surface area is 143 Å². The van der Waals surface area contributed by atoms with Gasteiger partial charge in [-0.25, -0.2) is 0 Å². The lowest BCUT2D eigenvalue weighted by Gasteiger charge is -2.43. The van der Waals surface area contributed by atoms with Crippen molar-refractivity contribution in [2.75, 3.05) is 45.8 Å². The number of rotatable bonds is 5. The number of nitrogens with zero attached hydrogens (tertiary/aromatic N) is 3. The predicted molar refractivity (Wildman–Crippen MR) is 96.5 cm³/mol. The van der Waals surface area contributed by atoms with Crippen LogP contribution >= 0.6 is 0 Å². The molecular weight excluding hydrogens is 286 g/mol. The highest BCUT2D eigenvalue weighted by Gasteiger charge is 2.29. The SMILES string of the molecule is CC(C)CN1CCN(CC2CCN(C(=O)C(C)C)CC2)C(C)C1. The third-order valence-electron chi connectivity index (χ3n) is 5.39. The van der Waals surface area contributed by atoms with Crippen LogP contribution in [-0.2, 0) is 4.79 Å². The number of carbonyl (C=O) groups excluding carboxylic acids is 1. The van der Waals surface area contributed by atoms with E-state index in [1.54, 1.807) is 0 Å². The Hall–Kier alpha value is -0.610. The van der Waals surface area contributed by atoms with Gasteiger partial charge in [0.05, 0.1) is 0 Å². The molecular formula is C19H37N3O. The minimum absolute atomic E-state index is 0.139. The summed E-state index contributed by atoms with van der Waals surface area (Å²) in [5.41, 5.74) is 0. The lowest BCUT2D eigenvalue weighted by Crippen LogP contribution is -2.54. The highest BCUT2D eigenvalue weighted by atomic mass is 16.2. The third kappa shape index (κ3) is 5.46. The van der Waals surface area contributed by atoms with E-state index >= 15 is 0 Å². The zero-order chi connectivity index (χ0) is 17.0. The second-order valence-corrected chi connectivity index (χ2v) is 8.42. The second-order valence-electron chi connectivity index (χ2n) is 8.42. The molecule has 0 radical (unpaired) electrons. The highest BCUT2D eigenvalue weighted by molar-refractivity contribution is 5.78. The van der Waals surface area contributed by atoms with E-state index in [1.165, 1.54) is 45.6 Å². The summed E-state index contributed by atoms with van der Waals surface area (Å²) in [5.74, 6) is 2.00. The Morgan fingerprint density at radius 3 is 2.22 bits per heavy atom. The van der Waals surface area contributed by atoms with Crippen molar-refractivity contribution in [1.82, 2.24) is 14.7 Å². The number of hydrogen-bond acceptors (Lipinski definition) is 3. The maximum atomic E-state index is 12.1. The second kappa shape index (κ2) is 8.48. The van der Waals surface area contributed by atoms with Gasteiger partial charge in [0.15, 0.2) is 0 Å². The van der Waals surface area contributed by atoms with E-state index in [1.807, 2.05) is 13.8 Å². The lowest BCUT2D eigenvalue weighted by molar-refractivity contribution is -0.136. The van der Waals surface area contributed by atoms with Crippen LogP contribution in [0.4, 0.5) is 0 Å². The Morgan fingerprint density at radius 2 is 1.70 bits per heavy atom. The molecule has 0 aromatic carbocycles. The van der Waals surface area contributed by atoms with Gasteiger partial charge in [0, 0.05) is 57.8 Å². The van der Waals surface area contributed by atoms with Crippen LogP contribution in [0.2, 0.25) is 0 Å². The molecule has 0 bridgehead atoms. The number of piperidine rings is 1. The molecule has 2 heterocycles. The molecule has 0 aliphatic carbocycles. The average molecular weight is 324 g/mol. The van der Waals surface area contributed by atoms with Crippen LogP contribution in [0.15, 0.2) is 0 Å². The van der Waals surface area contributed by atoms with Crippen LogP contribution in [0.25, 0.3) is 0 Å². The maximum absolute atomic E-state index is 12.1. The van der Waals surface area contributed by atoms with E-state index in [4.69, 9.17) is 0 Å². The first kappa shape index (κ1) is 18.7. The molecule has 4 nitrogen and oxygen atoms in total. The van der Waals surface area contributed by atoms with Crippen molar-refractivity contribution in [2.24, 2.45) is 17.8 Å². The van der Waals surface area contributed by atoms with Gasteiger partial charge in [-0.05, 0) is 31.6 Å². The summed E-state index contributed by atoms with van der Waals surface area (Å²) >= 11 is 0. The van der Waals surface area contributed by atoms with Gasteiger partial charge < -0.3 is 9.80 Å². The molecule has 2 saturated heterocycles. The predicted octanol–water partition coefficient (Wildman–Crippen LogP) is 2.54. The van der Waals surface area contributed by atoms with Crippen LogP contribution < -0.4 is 0 Å². The molecule has 0 aromatic heterocycles. The summed E-state index contributed by atoms with van der Waals surface area (Å²) in [6.45, 7) is 19.0. The fourth-order valence-electron chi connectivity index (χ4n) is 4.06. The minimum Gasteiger partial charge on any atom is -0.342 e. The van der Waals surface area contributed by atoms with Gasteiger partial charge in [-0.1, -0.05) is 27.7 Å². The van der Waals surface area contributed by atoms with Crippen molar-refractivity contribution in [3.63, 3.8) is 0 Å². The molecule has 2 rings (SSSR count). The molecule has 1 unspecified atom stereocenters. The van der Waals surface area contributed by atoms with Gasteiger partial charge >= 0.3 is 0 Å². The Morgan fingerprint density at radius 1 is 1.04 bits per heavy atom. The minimum atomic E-state index is 0.139. The van der Waals surface area contributed by atoms with E-state index < -0.39 is 0 Å². The molecule has 2 aliphatic rings. The van der Waals surface area contributed by atoms with Gasteiger partial charge in [-0.3, -0.25) is 9.69 Å². The van der Waals surface area contributed by atoms with E-state index in [-0.39, 0.29) is 5.92 Å². The largest absolute Gasteiger partial charge is 0.342 e. The molecule has 0 saturated carbocycles. The van der Waals surface area contributed by atoms with E-state index in [0.717, 1.165) is 24.9 Å². The molecule has 23 heavy (non-hydrogen) atoms. The number of piperazine rings is 1. The molecule has 1 amide bonds. The number of likely N-dealkylation sites (tertiary alicyclic amines) is 1. The van der Waals surface area contributed by atoms with Crippen molar-refractivity contribution in [3.8, 4) is 0 Å². The quantitative estimate of drug-likeness (QED) is 0.778. The van der Waals surface area contributed by atoms with Crippen molar-refractivity contribution < 1.29 is 4.79 Å². The number of carbonyl (C=O) groups is 1. The molecule has 0 N–H and O–H groups in total. The van der Waals surface area contributed by atoms with E-state index in [2.05, 4.69) is 35.5 Å². The highest BCUT2D eigenvalue weighted by Crippen LogP contribution is 2.22. The summed E-state index contributed by atoms with van der Waals surface area (Å²) in [7, 11) is 0. The van der Waals surface area contributed by atoms with Gasteiger partial charge in [-0.15, -0.1) is 0 Å². The maximum Gasteiger partial charge on any atom is 0.225 e. The van der Waals surface area contributed by atoms with Gasteiger partial charge in [0.2, 0.25) is 5.91 Å². The zero-order valence-electron chi connectivity index (χ0n) is 15.9. The van der Waals surface area contributed by atoms with Crippen LogP contribution in [0, 0.1) is 17.8 Å². The van der Waals surface area contributed by atoms with Crippen molar-refractivity contribution in [2.45, 2.75) is 53.5 Å². The standard InChI is InChI=1S/C19H37N3O/c1-15(2)12-20-10-11-22(17(5)13-20)14-18-6-8-21(9-7-18)19(23)16(3)4/h15-18H,6-14H2,1-5H3. The van der Waals surface area contributed by atoms with Crippen LogP contribution in [-0.4, -0.2) is 72.5 Å². The molecule has 0 aromatic rings. The van der Waals surface area contributed by atoms with Crippen molar-refractivity contribution in [3.05, 3.63) is 0 Å². The first-order chi connectivity index (χ1) is 10.9.